The van der Waals surface area contributed by atoms with E-state index in [-0.39, 0.29) is 6.61 Å². The topological polar surface area (TPSA) is 101 Å². The molecule has 1 aromatic rings. The van der Waals surface area contributed by atoms with Crippen molar-refractivity contribution in [1.82, 2.24) is 0 Å². The van der Waals surface area contributed by atoms with Crippen molar-refractivity contribution in [1.29, 1.82) is 0 Å². The van der Waals surface area contributed by atoms with Crippen molar-refractivity contribution in [2.75, 3.05) is 23.5 Å². The third-order valence-electron chi connectivity index (χ3n) is 1.98. The first-order valence-corrected chi connectivity index (χ1v) is 5.57. The average molecular weight is 261 g/mol. The first kappa shape index (κ1) is 13.6. The first-order chi connectivity index (χ1) is 8.17. The predicted molar refractivity (Wildman–Crippen MR) is 64.5 cm³/mol. The zero-order valence-corrected chi connectivity index (χ0v) is 9.91. The molecule has 0 unspecified atom stereocenters. The van der Waals surface area contributed by atoms with Crippen molar-refractivity contribution < 1.29 is 20.2 Å². The van der Waals surface area contributed by atoms with Crippen molar-refractivity contribution in [3.63, 3.8) is 0 Å². The van der Waals surface area contributed by atoms with E-state index in [2.05, 4.69) is 5.32 Å². The number of rotatable bonds is 5. The quantitative estimate of drug-likeness (QED) is 0.275. The van der Waals surface area contributed by atoms with Crippen LogP contribution in [0.1, 0.15) is 6.42 Å². The van der Waals surface area contributed by atoms with Crippen LogP contribution in [0, 0.1) is 0 Å². The second kappa shape index (κ2) is 6.95. The summed E-state index contributed by atoms with van der Waals surface area (Å²) < 4.78 is 4.85. The second-order valence-electron chi connectivity index (χ2n) is 3.28. The molecule has 94 valence electrons. The van der Waals surface area contributed by atoms with Gasteiger partial charge in [0.1, 0.15) is 0 Å². The van der Waals surface area contributed by atoms with Crippen LogP contribution in [-0.4, -0.2) is 23.8 Å². The van der Waals surface area contributed by atoms with E-state index < -0.39 is 6.09 Å². The predicted octanol–water partition coefficient (Wildman–Crippen LogP) is 1.03. The van der Waals surface area contributed by atoms with Crippen molar-refractivity contribution in [2.45, 2.75) is 6.42 Å². The molecular weight excluding hydrogens is 246 g/mol. The number of hydrogen-bond acceptors (Lipinski definition) is 4. The number of quaternary nitrogens is 1. The third kappa shape index (κ3) is 4.48. The molecule has 0 aliphatic heterocycles. The summed E-state index contributed by atoms with van der Waals surface area (Å²) >= 11 is 5.44. The van der Waals surface area contributed by atoms with E-state index in [0.717, 1.165) is 5.48 Å². The van der Waals surface area contributed by atoms with E-state index in [9.17, 15) is 4.79 Å². The van der Waals surface area contributed by atoms with Crippen LogP contribution in [0.5, 0.6) is 0 Å². The molecule has 0 radical (unpaired) electrons. The molecule has 0 spiro atoms. The highest BCUT2D eigenvalue weighted by Crippen LogP contribution is 2.18. The largest absolute Gasteiger partial charge is 0.449 e. The van der Waals surface area contributed by atoms with Gasteiger partial charge in [-0.05, 0) is 18.6 Å². The number of anilines is 2. The van der Waals surface area contributed by atoms with Crippen molar-refractivity contribution >= 4 is 34.8 Å². The number of hydrogen-bond donors (Lipinski definition) is 4. The Kier molecular flexibility index (Phi) is 5.55. The van der Waals surface area contributed by atoms with Gasteiger partial charge in [0.2, 0.25) is 0 Å². The first-order valence-electron chi connectivity index (χ1n) is 5.04. The van der Waals surface area contributed by atoms with Crippen LogP contribution in [0.3, 0.4) is 0 Å². The number of nitrogens with two attached hydrogens (primary N) is 2. The molecule has 0 fully saturated rings. The second-order valence-corrected chi connectivity index (χ2v) is 3.65. The fourth-order valence-corrected chi connectivity index (χ4v) is 1.25. The highest BCUT2D eigenvalue weighted by molar-refractivity contribution is 6.17. The SMILES string of the molecule is Nc1cc(NC(=O)OCCCCl)ccc1[NH2+]O. The Bertz CT molecular complexity index is 387. The summed E-state index contributed by atoms with van der Waals surface area (Å²) in [6, 6.07) is 4.73. The fourth-order valence-electron chi connectivity index (χ4n) is 1.14. The number of ether oxygens (including phenoxy) is 1. The van der Waals surface area contributed by atoms with E-state index >= 15 is 0 Å². The van der Waals surface area contributed by atoms with Crippen LogP contribution in [0.2, 0.25) is 0 Å². The maximum Gasteiger partial charge on any atom is 0.411 e. The van der Waals surface area contributed by atoms with Crippen LogP contribution in [0.25, 0.3) is 0 Å². The molecule has 1 amide bonds. The minimum Gasteiger partial charge on any atom is -0.449 e. The molecule has 0 aromatic heterocycles. The molecule has 0 saturated carbocycles. The summed E-state index contributed by atoms with van der Waals surface area (Å²) in [4.78, 5) is 11.3. The standard InChI is InChI=1S/C10H14ClN3O3/c11-4-1-5-17-10(15)13-7-2-3-9(14-16)8(12)6-7/h2-3,6,14,16H,1,4-5,12H2,(H,13,15)/p+1. The molecule has 0 saturated heterocycles. The maximum atomic E-state index is 11.3. The van der Waals surface area contributed by atoms with Gasteiger partial charge in [-0.25, -0.2) is 10.0 Å². The Morgan fingerprint density at radius 2 is 2.35 bits per heavy atom. The Morgan fingerprint density at radius 1 is 1.59 bits per heavy atom. The van der Waals surface area contributed by atoms with Gasteiger partial charge in [0.25, 0.3) is 0 Å². The number of alkyl halides is 1. The van der Waals surface area contributed by atoms with Gasteiger partial charge in [0.05, 0.1) is 12.3 Å². The zero-order valence-electron chi connectivity index (χ0n) is 9.15. The molecule has 0 aliphatic carbocycles. The minimum absolute atomic E-state index is 0.271. The smallest absolute Gasteiger partial charge is 0.411 e. The van der Waals surface area contributed by atoms with Crippen LogP contribution >= 0.6 is 11.6 Å². The lowest BCUT2D eigenvalue weighted by Gasteiger charge is -2.07. The Morgan fingerprint density at radius 3 is 2.94 bits per heavy atom. The fraction of sp³-hybridized carbons (Fsp3) is 0.300. The van der Waals surface area contributed by atoms with Gasteiger partial charge in [-0.15, -0.1) is 11.6 Å². The molecule has 0 aliphatic rings. The summed E-state index contributed by atoms with van der Waals surface area (Å²) in [7, 11) is 0. The number of benzene rings is 1. The van der Waals surface area contributed by atoms with Crippen molar-refractivity contribution in [3.8, 4) is 0 Å². The summed E-state index contributed by atoms with van der Waals surface area (Å²) in [6.07, 6.45) is 0.0467. The maximum absolute atomic E-state index is 11.3. The van der Waals surface area contributed by atoms with E-state index in [1.54, 1.807) is 12.1 Å². The Balaban J connectivity index is 2.51. The summed E-state index contributed by atoms with van der Waals surface area (Å²) in [5.74, 6) is 0.446. The van der Waals surface area contributed by atoms with Gasteiger partial charge < -0.3 is 10.5 Å². The molecule has 17 heavy (non-hydrogen) atoms. The number of nitrogens with one attached hydrogen (secondary N) is 1. The molecule has 0 bridgehead atoms. The molecular formula is C10H15ClN3O3+. The molecule has 1 rings (SSSR count). The van der Waals surface area contributed by atoms with Gasteiger partial charge in [-0.2, -0.15) is 5.48 Å². The van der Waals surface area contributed by atoms with Crippen LogP contribution in [-0.2, 0) is 4.74 Å². The van der Waals surface area contributed by atoms with E-state index in [1.165, 1.54) is 6.07 Å². The van der Waals surface area contributed by atoms with Crippen LogP contribution < -0.4 is 16.5 Å². The summed E-state index contributed by atoms with van der Waals surface area (Å²) in [6.45, 7) is 0.271. The average Bonchev–Trinajstić information content (AvgIpc) is 2.29. The van der Waals surface area contributed by atoms with Gasteiger partial charge in [0, 0.05) is 17.6 Å². The highest BCUT2D eigenvalue weighted by atomic mass is 35.5. The molecule has 6 N–H and O–H groups in total. The van der Waals surface area contributed by atoms with Gasteiger partial charge in [0.15, 0.2) is 5.69 Å². The molecule has 1 aromatic carbocycles. The molecule has 6 nitrogen and oxygen atoms in total. The number of halogens is 1. The highest BCUT2D eigenvalue weighted by Gasteiger charge is 2.06. The van der Waals surface area contributed by atoms with Gasteiger partial charge >= 0.3 is 6.09 Å². The zero-order chi connectivity index (χ0) is 12.7. The third-order valence-corrected chi connectivity index (χ3v) is 2.25. The normalized spacial score (nSPS) is 10.0. The van der Waals surface area contributed by atoms with E-state index in [4.69, 9.17) is 27.3 Å². The number of carbonyl (C=O) groups is 1. The molecule has 0 atom stereocenters. The van der Waals surface area contributed by atoms with Gasteiger partial charge in [-0.1, -0.05) is 0 Å². The van der Waals surface area contributed by atoms with Crippen LogP contribution in [0.15, 0.2) is 18.2 Å². The summed E-state index contributed by atoms with van der Waals surface area (Å²) in [5.41, 5.74) is 7.89. The van der Waals surface area contributed by atoms with Crippen molar-refractivity contribution in [2.24, 2.45) is 0 Å². The van der Waals surface area contributed by atoms with Crippen LogP contribution in [0.4, 0.5) is 21.9 Å². The van der Waals surface area contributed by atoms with Crippen molar-refractivity contribution in [3.05, 3.63) is 18.2 Å². The van der Waals surface area contributed by atoms with E-state index in [1.807, 2.05) is 0 Å². The minimum atomic E-state index is -0.560. The Hall–Kier alpha value is -1.50. The monoisotopic (exact) mass is 260 g/mol. The lowest BCUT2D eigenvalue weighted by atomic mass is 10.2. The van der Waals surface area contributed by atoms with Gasteiger partial charge in [-0.3, -0.25) is 5.32 Å². The lowest BCUT2D eigenvalue weighted by Crippen LogP contribution is -2.73. The molecule has 7 heteroatoms. The number of nitrogen functional groups attached to an aromatic ring is 1. The molecule has 0 heterocycles. The summed E-state index contributed by atoms with van der Waals surface area (Å²) in [5, 5.41) is 11.3. The van der Waals surface area contributed by atoms with E-state index in [0.29, 0.717) is 29.4 Å². The number of carbonyl (C=O) groups excluding carboxylic acids is 1. The lowest BCUT2D eigenvalue weighted by molar-refractivity contribution is -0.825. The number of amides is 1. The Labute approximate surface area is 104 Å².